The number of aromatic amines is 1. The first kappa shape index (κ1) is 27.9. The second-order valence-corrected chi connectivity index (χ2v) is 12.0. The molecule has 2 N–H and O–H groups in total. The van der Waals surface area contributed by atoms with E-state index >= 15 is 0 Å². The Kier molecular flexibility index (Phi) is 7.13. The molecule has 1 amide bonds. The monoisotopic (exact) mass is 585 g/mol. The maximum absolute atomic E-state index is 12.9. The van der Waals surface area contributed by atoms with Crippen molar-refractivity contribution in [2.45, 2.75) is 63.9 Å². The average molecular weight is 586 g/mol. The maximum Gasteiger partial charge on any atom is 0.280 e. The Hall–Kier alpha value is -3.90. The molecule has 1 spiro atoms. The third-order valence-corrected chi connectivity index (χ3v) is 8.85. The normalized spacial score (nSPS) is 25.4. The number of imidazole rings is 1. The van der Waals surface area contributed by atoms with E-state index in [1.165, 1.54) is 0 Å². The summed E-state index contributed by atoms with van der Waals surface area (Å²) in [4.78, 5) is 36.9. The van der Waals surface area contributed by atoms with Gasteiger partial charge in [-0.1, -0.05) is 74.5 Å². The highest BCUT2D eigenvalue weighted by Crippen LogP contribution is 2.65. The largest absolute Gasteiger partial charge is 0.374 e. The Morgan fingerprint density at radius 2 is 1.79 bits per heavy atom. The van der Waals surface area contributed by atoms with Crippen LogP contribution in [-0.2, 0) is 37.0 Å². The van der Waals surface area contributed by atoms with E-state index in [9.17, 15) is 9.59 Å². The molecule has 1 saturated carbocycles. The first-order valence-corrected chi connectivity index (χ1v) is 14.7. The highest BCUT2D eigenvalue weighted by Gasteiger charge is 2.74. The molecule has 4 atom stereocenters. The minimum absolute atomic E-state index is 0.0521. The standard InChI is InChI=1S/C32H35N5O6/c1-20(2)27(38)35-30-34-26-23(28(39)36-30)33-19-37(26)29-24-25(41-16-22-11-7-4-8-12-22)32(43-29,31(13-14-31)17-42-24)18-40-15-21-9-5-3-6-10-21/h3-12,19-20,24-25,29H,13-18H2,1-2H3,(H2,34,35,36,38,39). The molecule has 11 nitrogen and oxygen atoms in total. The van der Waals surface area contributed by atoms with Gasteiger partial charge < -0.3 is 18.9 Å². The Labute approximate surface area is 248 Å². The molecule has 2 aromatic heterocycles. The van der Waals surface area contributed by atoms with Gasteiger partial charge in [0.25, 0.3) is 5.56 Å². The number of benzene rings is 2. The number of nitrogens with zero attached hydrogens (tertiary/aromatic N) is 3. The number of carbonyl (C=O) groups is 1. The topological polar surface area (TPSA) is 130 Å². The van der Waals surface area contributed by atoms with Gasteiger partial charge in [-0.2, -0.15) is 4.98 Å². The van der Waals surface area contributed by atoms with Gasteiger partial charge in [-0.05, 0) is 24.0 Å². The van der Waals surface area contributed by atoms with Crippen LogP contribution in [0.15, 0.2) is 71.8 Å². The van der Waals surface area contributed by atoms with Crippen LogP contribution in [-0.4, -0.2) is 56.4 Å². The van der Waals surface area contributed by atoms with E-state index in [1.54, 1.807) is 24.7 Å². The quantitative estimate of drug-likeness (QED) is 0.286. The van der Waals surface area contributed by atoms with Gasteiger partial charge in [0.15, 0.2) is 17.4 Å². The Bertz CT molecular complexity index is 1670. The molecular weight excluding hydrogens is 550 g/mol. The molecule has 224 valence electrons. The van der Waals surface area contributed by atoms with Gasteiger partial charge in [0.2, 0.25) is 11.9 Å². The number of nitrogens with one attached hydrogen (secondary N) is 2. The Morgan fingerprint density at radius 1 is 1.09 bits per heavy atom. The van der Waals surface area contributed by atoms with Crippen LogP contribution < -0.4 is 10.9 Å². The number of fused-ring (bicyclic) bond motifs is 4. The molecule has 2 aliphatic heterocycles. The molecule has 11 heteroatoms. The van der Waals surface area contributed by atoms with Gasteiger partial charge in [0.1, 0.15) is 17.8 Å². The molecule has 1 aliphatic carbocycles. The molecule has 0 radical (unpaired) electrons. The SMILES string of the molecule is CC(C)C(=O)Nc1nc2c(ncn2C2OC3(COCc4ccccc4)C(OCc4ccccc4)C2OCC32CC2)c(=O)[nH]1. The van der Waals surface area contributed by atoms with E-state index in [0.29, 0.717) is 26.4 Å². The van der Waals surface area contributed by atoms with Crippen LogP contribution in [0.2, 0.25) is 0 Å². The van der Waals surface area contributed by atoms with Crippen LogP contribution in [0.3, 0.4) is 0 Å². The zero-order chi connectivity index (χ0) is 29.6. The number of aromatic nitrogens is 4. The molecule has 4 aromatic rings. The molecular formula is C32H35N5O6. The van der Waals surface area contributed by atoms with Crippen LogP contribution in [0.4, 0.5) is 5.95 Å². The third-order valence-electron chi connectivity index (χ3n) is 8.85. The van der Waals surface area contributed by atoms with Gasteiger partial charge in [-0.25, -0.2) is 4.98 Å². The van der Waals surface area contributed by atoms with Crippen molar-refractivity contribution in [1.82, 2.24) is 19.5 Å². The van der Waals surface area contributed by atoms with Crippen LogP contribution in [0.25, 0.3) is 11.2 Å². The van der Waals surface area contributed by atoms with Gasteiger partial charge in [-0.3, -0.25) is 24.5 Å². The summed E-state index contributed by atoms with van der Waals surface area (Å²) in [7, 11) is 0. The molecule has 3 aliphatic rings. The van der Waals surface area contributed by atoms with Gasteiger partial charge >= 0.3 is 0 Å². The predicted molar refractivity (Wildman–Crippen MR) is 157 cm³/mol. The van der Waals surface area contributed by atoms with Crippen molar-refractivity contribution < 1.29 is 23.7 Å². The Balaban J connectivity index is 1.25. The van der Waals surface area contributed by atoms with Crippen LogP contribution >= 0.6 is 0 Å². The number of carbonyl (C=O) groups excluding carboxylic acids is 1. The highest BCUT2D eigenvalue weighted by molar-refractivity contribution is 5.91. The van der Waals surface area contributed by atoms with Crippen molar-refractivity contribution in [2.24, 2.45) is 11.3 Å². The first-order chi connectivity index (χ1) is 20.9. The maximum atomic E-state index is 12.9. The minimum atomic E-state index is -0.795. The molecule has 43 heavy (non-hydrogen) atoms. The molecule has 7 rings (SSSR count). The lowest BCUT2D eigenvalue weighted by atomic mass is 9.77. The van der Waals surface area contributed by atoms with Crippen LogP contribution in [0, 0.1) is 11.3 Å². The van der Waals surface area contributed by atoms with Crippen LogP contribution in [0.5, 0.6) is 0 Å². The summed E-state index contributed by atoms with van der Waals surface area (Å²) >= 11 is 0. The van der Waals surface area contributed by atoms with Crippen molar-refractivity contribution in [3.63, 3.8) is 0 Å². The summed E-state index contributed by atoms with van der Waals surface area (Å²) < 4.78 is 28.4. The average Bonchev–Trinajstić information content (AvgIpc) is 3.61. The van der Waals surface area contributed by atoms with Crippen LogP contribution in [0.1, 0.15) is 44.0 Å². The zero-order valence-corrected chi connectivity index (χ0v) is 24.2. The summed E-state index contributed by atoms with van der Waals surface area (Å²) in [6, 6.07) is 20.1. The fraction of sp³-hybridized carbons (Fsp3) is 0.438. The van der Waals surface area contributed by atoms with E-state index < -0.39 is 29.6 Å². The van der Waals surface area contributed by atoms with Crippen molar-refractivity contribution in [2.75, 3.05) is 18.5 Å². The lowest BCUT2D eigenvalue weighted by Crippen LogP contribution is -2.60. The summed E-state index contributed by atoms with van der Waals surface area (Å²) in [5, 5.41) is 2.69. The molecule has 4 heterocycles. The highest BCUT2D eigenvalue weighted by atomic mass is 16.6. The van der Waals surface area contributed by atoms with E-state index in [1.807, 2.05) is 60.7 Å². The molecule has 2 bridgehead atoms. The number of hydrogen-bond acceptors (Lipinski definition) is 8. The van der Waals surface area contributed by atoms with Crippen molar-refractivity contribution in [3.05, 3.63) is 88.5 Å². The smallest absolute Gasteiger partial charge is 0.280 e. The molecule has 4 unspecified atom stereocenters. The van der Waals surface area contributed by atoms with Gasteiger partial charge in [0, 0.05) is 11.3 Å². The fourth-order valence-corrected chi connectivity index (χ4v) is 6.26. The summed E-state index contributed by atoms with van der Waals surface area (Å²) in [6.45, 7) is 5.18. The summed E-state index contributed by atoms with van der Waals surface area (Å²) in [5.41, 5.74) is 1.04. The molecule has 3 fully saturated rings. The third kappa shape index (κ3) is 4.96. The number of anilines is 1. The minimum Gasteiger partial charge on any atom is -0.374 e. The van der Waals surface area contributed by atoms with Gasteiger partial charge in [-0.15, -0.1) is 0 Å². The molecule has 2 aromatic carbocycles. The zero-order valence-electron chi connectivity index (χ0n) is 24.2. The van der Waals surface area contributed by atoms with Gasteiger partial charge in [0.05, 0.1) is 32.8 Å². The number of H-pyrrole nitrogens is 1. The fourth-order valence-electron chi connectivity index (χ4n) is 6.26. The van der Waals surface area contributed by atoms with Crippen molar-refractivity contribution in [1.29, 1.82) is 0 Å². The van der Waals surface area contributed by atoms with E-state index in [2.05, 4.69) is 20.3 Å². The second kappa shape index (κ2) is 11.0. The lowest BCUT2D eigenvalue weighted by Gasteiger charge is -2.44. The van der Waals surface area contributed by atoms with Crippen molar-refractivity contribution in [3.8, 4) is 0 Å². The first-order valence-electron chi connectivity index (χ1n) is 14.7. The van der Waals surface area contributed by atoms with E-state index in [-0.39, 0.29) is 34.4 Å². The van der Waals surface area contributed by atoms with E-state index in [0.717, 1.165) is 24.0 Å². The number of amides is 1. The van der Waals surface area contributed by atoms with Crippen molar-refractivity contribution >= 4 is 23.0 Å². The second-order valence-electron chi connectivity index (χ2n) is 12.0. The summed E-state index contributed by atoms with van der Waals surface area (Å²) in [6.07, 6.45) is 1.75. The predicted octanol–water partition coefficient (Wildman–Crippen LogP) is 3.96. The number of hydrogen-bond donors (Lipinski definition) is 2. The Morgan fingerprint density at radius 3 is 2.47 bits per heavy atom. The van der Waals surface area contributed by atoms with E-state index in [4.69, 9.17) is 18.9 Å². The molecule has 2 saturated heterocycles. The lowest BCUT2D eigenvalue weighted by molar-refractivity contribution is -0.217. The summed E-state index contributed by atoms with van der Waals surface area (Å²) in [5.74, 6) is -0.495. The number of ether oxygens (including phenoxy) is 4. The number of rotatable bonds is 10.